The van der Waals surface area contributed by atoms with Gasteiger partial charge in [0.1, 0.15) is 0 Å². The summed E-state index contributed by atoms with van der Waals surface area (Å²) >= 11 is 0. The van der Waals surface area contributed by atoms with E-state index < -0.39 is 0 Å². The first kappa shape index (κ1) is 14.8. The molecule has 20 heavy (non-hydrogen) atoms. The first-order chi connectivity index (χ1) is 9.64. The molecule has 116 valence electrons. The molecule has 1 aliphatic carbocycles. The lowest BCUT2D eigenvalue weighted by atomic mass is 9.85. The van der Waals surface area contributed by atoms with E-state index in [1.165, 1.54) is 77.4 Å². The summed E-state index contributed by atoms with van der Waals surface area (Å²) < 4.78 is 0. The molecule has 0 aromatic heterocycles. The van der Waals surface area contributed by atoms with Crippen LogP contribution in [0.25, 0.3) is 0 Å². The van der Waals surface area contributed by atoms with Crippen LogP contribution >= 0.6 is 0 Å². The van der Waals surface area contributed by atoms with Gasteiger partial charge in [-0.15, -0.1) is 0 Å². The molecule has 2 saturated heterocycles. The molecule has 2 aliphatic heterocycles. The van der Waals surface area contributed by atoms with Gasteiger partial charge in [0.2, 0.25) is 0 Å². The number of nitrogens with zero attached hydrogens (tertiary/aromatic N) is 1. The average Bonchev–Trinajstić information content (AvgIpc) is 2.91. The molecule has 2 heterocycles. The van der Waals surface area contributed by atoms with Crippen LogP contribution in [0.4, 0.5) is 0 Å². The smallest absolute Gasteiger partial charge is 0.00967 e. The summed E-state index contributed by atoms with van der Waals surface area (Å²) in [6.45, 7) is 8.94. The first-order valence-corrected chi connectivity index (χ1v) is 9.11. The van der Waals surface area contributed by atoms with Crippen molar-refractivity contribution in [3.8, 4) is 0 Å². The monoisotopic (exact) mass is 278 g/mol. The van der Waals surface area contributed by atoms with Crippen LogP contribution in [0.3, 0.4) is 0 Å². The fraction of sp³-hybridized carbons (Fsp3) is 1.00. The van der Waals surface area contributed by atoms with Crippen LogP contribution in [0, 0.1) is 11.3 Å². The molecule has 1 N–H and O–H groups in total. The van der Waals surface area contributed by atoms with Gasteiger partial charge in [0.25, 0.3) is 0 Å². The molecule has 0 bridgehead atoms. The third-order valence-electron chi connectivity index (χ3n) is 6.30. The fourth-order valence-corrected chi connectivity index (χ4v) is 4.81. The van der Waals surface area contributed by atoms with Crippen molar-refractivity contribution >= 4 is 0 Å². The molecular weight excluding hydrogens is 244 g/mol. The summed E-state index contributed by atoms with van der Waals surface area (Å²) in [5.74, 6) is 0.968. The predicted octanol–water partition coefficient (Wildman–Crippen LogP) is 3.81. The molecule has 2 atom stereocenters. The Labute approximate surface area is 125 Å². The minimum Gasteiger partial charge on any atom is -0.314 e. The van der Waals surface area contributed by atoms with Crippen LogP contribution in [0.2, 0.25) is 0 Å². The van der Waals surface area contributed by atoms with Crippen molar-refractivity contribution in [1.29, 1.82) is 0 Å². The minimum atomic E-state index is 0.598. The van der Waals surface area contributed by atoms with Gasteiger partial charge in [0.05, 0.1) is 0 Å². The quantitative estimate of drug-likeness (QED) is 0.773. The van der Waals surface area contributed by atoms with E-state index >= 15 is 0 Å². The Morgan fingerprint density at radius 2 is 1.70 bits per heavy atom. The van der Waals surface area contributed by atoms with E-state index in [0.29, 0.717) is 5.41 Å². The van der Waals surface area contributed by atoms with E-state index in [-0.39, 0.29) is 0 Å². The number of hydrogen-bond donors (Lipinski definition) is 1. The number of hydrogen-bond acceptors (Lipinski definition) is 2. The van der Waals surface area contributed by atoms with Crippen LogP contribution in [0.5, 0.6) is 0 Å². The van der Waals surface area contributed by atoms with Crippen molar-refractivity contribution in [2.75, 3.05) is 19.6 Å². The maximum atomic E-state index is 3.72. The van der Waals surface area contributed by atoms with Gasteiger partial charge in [-0.2, -0.15) is 0 Å². The van der Waals surface area contributed by atoms with Crippen LogP contribution in [0.1, 0.15) is 71.6 Å². The molecule has 0 spiro atoms. The van der Waals surface area contributed by atoms with Gasteiger partial charge in [0.15, 0.2) is 0 Å². The van der Waals surface area contributed by atoms with E-state index in [4.69, 9.17) is 0 Å². The van der Waals surface area contributed by atoms with Gasteiger partial charge in [-0.3, -0.25) is 0 Å². The Bertz CT molecular complexity index is 299. The highest BCUT2D eigenvalue weighted by molar-refractivity contribution is 4.88. The molecule has 2 unspecified atom stereocenters. The summed E-state index contributed by atoms with van der Waals surface area (Å²) in [6, 6.07) is 1.75. The minimum absolute atomic E-state index is 0.598. The summed E-state index contributed by atoms with van der Waals surface area (Å²) in [5.41, 5.74) is 0.598. The van der Waals surface area contributed by atoms with Crippen LogP contribution in [-0.4, -0.2) is 36.6 Å². The topological polar surface area (TPSA) is 15.3 Å². The standard InChI is InChI=1S/C18H34N2/c1-18(2)10-3-5-16(7-11-18)20-13-8-15(9-14-20)17-6-4-12-19-17/h15-17,19H,3-14H2,1-2H3. The summed E-state index contributed by atoms with van der Waals surface area (Å²) in [5, 5.41) is 3.72. The number of rotatable bonds is 2. The van der Waals surface area contributed by atoms with Gasteiger partial charge in [-0.25, -0.2) is 0 Å². The maximum absolute atomic E-state index is 3.72. The lowest BCUT2D eigenvalue weighted by Crippen LogP contribution is -2.45. The predicted molar refractivity (Wildman–Crippen MR) is 86.0 cm³/mol. The molecular formula is C18H34N2. The number of piperidine rings is 1. The van der Waals surface area contributed by atoms with E-state index in [0.717, 1.165) is 18.0 Å². The fourth-order valence-electron chi connectivity index (χ4n) is 4.81. The largest absolute Gasteiger partial charge is 0.314 e. The van der Waals surface area contributed by atoms with Gasteiger partial charge >= 0.3 is 0 Å². The molecule has 0 aromatic carbocycles. The first-order valence-electron chi connectivity index (χ1n) is 9.11. The second-order valence-electron chi connectivity index (χ2n) is 8.33. The second kappa shape index (κ2) is 6.36. The molecule has 0 radical (unpaired) electrons. The molecule has 1 saturated carbocycles. The van der Waals surface area contributed by atoms with E-state index in [1.807, 2.05) is 0 Å². The highest BCUT2D eigenvalue weighted by Gasteiger charge is 2.32. The normalized spacial score (nSPS) is 36.9. The van der Waals surface area contributed by atoms with Crippen molar-refractivity contribution in [3.05, 3.63) is 0 Å². The molecule has 0 amide bonds. The van der Waals surface area contributed by atoms with Crippen LogP contribution in [-0.2, 0) is 0 Å². The van der Waals surface area contributed by atoms with Crippen molar-refractivity contribution in [2.45, 2.75) is 83.7 Å². The highest BCUT2D eigenvalue weighted by atomic mass is 15.2. The zero-order valence-electron chi connectivity index (χ0n) is 13.7. The van der Waals surface area contributed by atoms with Crippen molar-refractivity contribution < 1.29 is 0 Å². The zero-order chi connectivity index (χ0) is 14.0. The van der Waals surface area contributed by atoms with E-state index in [1.54, 1.807) is 0 Å². The van der Waals surface area contributed by atoms with Gasteiger partial charge in [0, 0.05) is 12.1 Å². The number of likely N-dealkylation sites (tertiary alicyclic amines) is 1. The Morgan fingerprint density at radius 3 is 2.40 bits per heavy atom. The van der Waals surface area contributed by atoms with Crippen LogP contribution < -0.4 is 5.32 Å². The molecule has 2 nitrogen and oxygen atoms in total. The van der Waals surface area contributed by atoms with E-state index in [9.17, 15) is 0 Å². The average molecular weight is 278 g/mol. The molecule has 3 fully saturated rings. The van der Waals surface area contributed by atoms with Crippen molar-refractivity contribution in [3.63, 3.8) is 0 Å². The molecule has 0 aromatic rings. The number of nitrogens with one attached hydrogen (secondary N) is 1. The lowest BCUT2D eigenvalue weighted by molar-refractivity contribution is 0.108. The summed E-state index contributed by atoms with van der Waals surface area (Å²) in [4.78, 5) is 2.84. The van der Waals surface area contributed by atoms with Gasteiger partial charge in [-0.1, -0.05) is 20.3 Å². The highest BCUT2D eigenvalue weighted by Crippen LogP contribution is 2.36. The van der Waals surface area contributed by atoms with E-state index in [2.05, 4.69) is 24.1 Å². The third kappa shape index (κ3) is 3.57. The third-order valence-corrected chi connectivity index (χ3v) is 6.30. The molecule has 3 rings (SSSR count). The maximum Gasteiger partial charge on any atom is 0.00967 e. The van der Waals surface area contributed by atoms with Gasteiger partial charge < -0.3 is 10.2 Å². The Morgan fingerprint density at radius 1 is 0.900 bits per heavy atom. The Balaban J connectivity index is 1.47. The summed E-state index contributed by atoms with van der Waals surface area (Å²) in [7, 11) is 0. The zero-order valence-corrected chi connectivity index (χ0v) is 13.7. The van der Waals surface area contributed by atoms with Crippen molar-refractivity contribution in [2.24, 2.45) is 11.3 Å². The summed E-state index contributed by atoms with van der Waals surface area (Å²) in [6.07, 6.45) is 12.9. The SMILES string of the molecule is CC1(C)CCCC(N2CCC(C3CCCN3)CC2)CC1. The molecule has 2 heteroatoms. The van der Waals surface area contributed by atoms with Crippen molar-refractivity contribution in [1.82, 2.24) is 10.2 Å². The molecule has 3 aliphatic rings. The lowest BCUT2D eigenvalue weighted by Gasteiger charge is -2.39. The Kier molecular flexibility index (Phi) is 4.72. The van der Waals surface area contributed by atoms with Gasteiger partial charge in [-0.05, 0) is 82.3 Å². The Hall–Kier alpha value is -0.0800. The second-order valence-corrected chi connectivity index (χ2v) is 8.33. The van der Waals surface area contributed by atoms with Crippen LogP contribution in [0.15, 0.2) is 0 Å².